The zero-order valence-corrected chi connectivity index (χ0v) is 13.8. The number of sulfonamides is 1. The summed E-state index contributed by atoms with van der Waals surface area (Å²) in [6.07, 6.45) is 2.73. The van der Waals surface area contributed by atoms with E-state index in [0.717, 1.165) is 12.2 Å². The third kappa shape index (κ3) is 3.65. The lowest BCUT2D eigenvalue weighted by molar-refractivity contribution is 0.382. The van der Waals surface area contributed by atoms with E-state index in [-0.39, 0.29) is 22.2 Å². The highest BCUT2D eigenvalue weighted by atomic mass is 32.2. The van der Waals surface area contributed by atoms with E-state index < -0.39 is 15.8 Å². The fourth-order valence-corrected chi connectivity index (χ4v) is 3.88. The van der Waals surface area contributed by atoms with Gasteiger partial charge in [0, 0.05) is 13.1 Å². The van der Waals surface area contributed by atoms with Crippen LogP contribution in [-0.4, -0.2) is 37.8 Å². The average Bonchev–Trinajstić information content (AvgIpc) is 2.40. The molecule has 0 aliphatic heterocycles. The summed E-state index contributed by atoms with van der Waals surface area (Å²) >= 11 is 1.67. The highest BCUT2D eigenvalue weighted by Gasteiger charge is 2.26. The van der Waals surface area contributed by atoms with Crippen molar-refractivity contribution in [2.75, 3.05) is 24.8 Å². The molecular weight excluding hydrogens is 299 g/mol. The molecule has 0 spiro atoms. The largest absolute Gasteiger partial charge is 0.396 e. The monoisotopic (exact) mass is 320 g/mol. The Morgan fingerprint density at radius 3 is 2.55 bits per heavy atom. The van der Waals surface area contributed by atoms with Crippen LogP contribution in [0.25, 0.3) is 0 Å². The first-order valence-electron chi connectivity index (χ1n) is 6.24. The molecule has 1 aromatic rings. The van der Waals surface area contributed by atoms with Gasteiger partial charge in [0.2, 0.25) is 10.0 Å². The van der Waals surface area contributed by atoms with E-state index in [0.29, 0.717) is 0 Å². The van der Waals surface area contributed by atoms with E-state index in [4.69, 9.17) is 5.73 Å². The number of hydrogen-bond acceptors (Lipinski definition) is 4. The number of benzene rings is 1. The van der Waals surface area contributed by atoms with Gasteiger partial charge in [-0.1, -0.05) is 0 Å². The van der Waals surface area contributed by atoms with Crippen LogP contribution in [0.5, 0.6) is 0 Å². The first-order chi connectivity index (χ1) is 9.21. The maximum atomic E-state index is 13.5. The molecule has 0 heterocycles. The Hall–Kier alpha value is -0.790. The number of aryl methyl sites for hydroxylation is 1. The molecule has 0 aromatic heterocycles. The van der Waals surface area contributed by atoms with Crippen molar-refractivity contribution in [2.24, 2.45) is 0 Å². The van der Waals surface area contributed by atoms with Crippen LogP contribution in [0, 0.1) is 12.7 Å². The number of rotatable bonds is 6. The molecule has 1 aromatic carbocycles. The average molecular weight is 320 g/mol. The highest BCUT2D eigenvalue weighted by molar-refractivity contribution is 7.98. The summed E-state index contributed by atoms with van der Waals surface area (Å²) < 4.78 is 39.8. The summed E-state index contributed by atoms with van der Waals surface area (Å²) in [7, 11) is -2.12. The Morgan fingerprint density at radius 1 is 1.45 bits per heavy atom. The standard InChI is InChI=1S/C13H21FN2O2S2/c1-9-7-11(8-12(15)13(9)14)20(17,18)16(3)10(2)5-6-19-4/h7-8,10H,5-6,15H2,1-4H3. The molecule has 0 amide bonds. The number of halogens is 1. The van der Waals surface area contributed by atoms with Gasteiger partial charge in [-0.25, -0.2) is 12.8 Å². The second kappa shape index (κ2) is 6.78. The second-order valence-corrected chi connectivity index (χ2v) is 7.78. The fourth-order valence-electron chi connectivity index (χ4n) is 1.79. The van der Waals surface area contributed by atoms with Crippen LogP contribution >= 0.6 is 11.8 Å². The van der Waals surface area contributed by atoms with Gasteiger partial charge in [0.05, 0.1) is 10.6 Å². The minimum absolute atomic E-state index is 0.0346. The Bertz CT molecular complexity index is 553. The molecule has 7 heteroatoms. The predicted molar refractivity (Wildman–Crippen MR) is 83.0 cm³/mol. The summed E-state index contributed by atoms with van der Waals surface area (Å²) in [4.78, 5) is 0.0346. The molecule has 0 fully saturated rings. The van der Waals surface area contributed by atoms with Crippen LogP contribution in [0.3, 0.4) is 0 Å². The molecule has 0 aliphatic carbocycles. The number of nitrogens with zero attached hydrogens (tertiary/aromatic N) is 1. The van der Waals surface area contributed by atoms with Gasteiger partial charge in [0.15, 0.2) is 0 Å². The van der Waals surface area contributed by atoms with Crippen molar-refractivity contribution in [3.05, 3.63) is 23.5 Å². The fraction of sp³-hybridized carbons (Fsp3) is 0.538. The first-order valence-corrected chi connectivity index (χ1v) is 9.07. The van der Waals surface area contributed by atoms with E-state index in [1.54, 1.807) is 11.8 Å². The van der Waals surface area contributed by atoms with Gasteiger partial charge in [-0.15, -0.1) is 0 Å². The van der Waals surface area contributed by atoms with Crippen molar-refractivity contribution in [2.45, 2.75) is 31.2 Å². The summed E-state index contributed by atoms with van der Waals surface area (Å²) in [6, 6.07) is 2.37. The van der Waals surface area contributed by atoms with Crippen LogP contribution in [-0.2, 0) is 10.0 Å². The molecule has 1 atom stereocenters. The molecule has 0 radical (unpaired) electrons. The maximum absolute atomic E-state index is 13.5. The van der Waals surface area contributed by atoms with Crippen LogP contribution in [0.2, 0.25) is 0 Å². The zero-order chi connectivity index (χ0) is 15.5. The predicted octanol–water partition coefficient (Wildman–Crippen LogP) is 2.48. The zero-order valence-electron chi connectivity index (χ0n) is 12.2. The van der Waals surface area contributed by atoms with Crippen LogP contribution in [0.15, 0.2) is 17.0 Å². The van der Waals surface area contributed by atoms with Crippen LogP contribution in [0.1, 0.15) is 18.9 Å². The quantitative estimate of drug-likeness (QED) is 0.818. The number of hydrogen-bond donors (Lipinski definition) is 1. The first kappa shape index (κ1) is 17.3. The third-order valence-corrected chi connectivity index (χ3v) is 5.89. The third-order valence-electron chi connectivity index (χ3n) is 3.29. The molecule has 0 saturated carbocycles. The lowest BCUT2D eigenvalue weighted by Gasteiger charge is -2.24. The minimum Gasteiger partial charge on any atom is -0.396 e. The minimum atomic E-state index is -3.65. The summed E-state index contributed by atoms with van der Waals surface area (Å²) in [5.74, 6) is 0.313. The van der Waals surface area contributed by atoms with E-state index in [2.05, 4.69) is 0 Å². The van der Waals surface area contributed by atoms with Crippen molar-refractivity contribution in [3.8, 4) is 0 Å². The second-order valence-electron chi connectivity index (χ2n) is 4.80. The number of anilines is 1. The van der Waals surface area contributed by atoms with Gasteiger partial charge in [-0.3, -0.25) is 0 Å². The Labute approximate surface area is 124 Å². The van der Waals surface area contributed by atoms with E-state index in [1.165, 1.54) is 30.4 Å². The van der Waals surface area contributed by atoms with Crippen molar-refractivity contribution < 1.29 is 12.8 Å². The summed E-state index contributed by atoms with van der Waals surface area (Å²) in [5.41, 5.74) is 5.60. The van der Waals surface area contributed by atoms with Gasteiger partial charge in [0.1, 0.15) is 5.82 Å². The SMILES string of the molecule is CSCCC(C)N(C)S(=O)(=O)c1cc(C)c(F)c(N)c1. The molecule has 0 saturated heterocycles. The van der Waals surface area contributed by atoms with E-state index in [1.807, 2.05) is 13.2 Å². The number of thioether (sulfide) groups is 1. The van der Waals surface area contributed by atoms with E-state index in [9.17, 15) is 12.8 Å². The highest BCUT2D eigenvalue weighted by Crippen LogP contribution is 2.24. The Morgan fingerprint density at radius 2 is 2.05 bits per heavy atom. The smallest absolute Gasteiger partial charge is 0.243 e. The number of nitrogen functional groups attached to an aromatic ring is 1. The van der Waals surface area contributed by atoms with Gasteiger partial charge < -0.3 is 5.73 Å². The molecular formula is C13H21FN2O2S2. The van der Waals surface area contributed by atoms with Crippen molar-refractivity contribution in [1.82, 2.24) is 4.31 Å². The van der Waals surface area contributed by atoms with Crippen LogP contribution < -0.4 is 5.73 Å². The number of nitrogens with two attached hydrogens (primary N) is 1. The Balaban J connectivity index is 3.10. The van der Waals surface area contributed by atoms with E-state index >= 15 is 0 Å². The van der Waals surface area contributed by atoms with Crippen molar-refractivity contribution >= 4 is 27.5 Å². The Kier molecular flexibility index (Phi) is 5.85. The molecule has 1 unspecified atom stereocenters. The maximum Gasteiger partial charge on any atom is 0.243 e. The van der Waals surface area contributed by atoms with Gasteiger partial charge in [0.25, 0.3) is 0 Å². The topological polar surface area (TPSA) is 63.4 Å². The van der Waals surface area contributed by atoms with Gasteiger partial charge >= 0.3 is 0 Å². The summed E-state index contributed by atoms with van der Waals surface area (Å²) in [6.45, 7) is 3.36. The molecule has 114 valence electrons. The normalized spacial score (nSPS) is 13.7. The van der Waals surface area contributed by atoms with Crippen molar-refractivity contribution in [3.63, 3.8) is 0 Å². The summed E-state index contributed by atoms with van der Waals surface area (Å²) in [5, 5.41) is 0. The molecule has 0 bridgehead atoms. The molecule has 0 aliphatic rings. The van der Waals surface area contributed by atoms with Crippen LogP contribution in [0.4, 0.5) is 10.1 Å². The molecule has 2 N–H and O–H groups in total. The molecule has 4 nitrogen and oxygen atoms in total. The molecule has 20 heavy (non-hydrogen) atoms. The lowest BCUT2D eigenvalue weighted by Crippen LogP contribution is -2.35. The lowest BCUT2D eigenvalue weighted by atomic mass is 10.2. The van der Waals surface area contributed by atoms with Gasteiger partial charge in [-0.2, -0.15) is 16.1 Å². The van der Waals surface area contributed by atoms with Gasteiger partial charge in [-0.05, 0) is 50.0 Å². The van der Waals surface area contributed by atoms with Crippen molar-refractivity contribution in [1.29, 1.82) is 0 Å². The molecule has 1 rings (SSSR count).